The molecule has 176 valence electrons. The van der Waals surface area contributed by atoms with Crippen molar-refractivity contribution in [1.29, 1.82) is 0 Å². The Balaban J connectivity index is 1.72. The van der Waals surface area contributed by atoms with Crippen LogP contribution in [-0.4, -0.2) is 35.8 Å². The largest absolute Gasteiger partial charge is 0.497 e. The molecule has 0 aliphatic carbocycles. The summed E-state index contributed by atoms with van der Waals surface area (Å²) in [6, 6.07) is 15.1. The van der Waals surface area contributed by atoms with E-state index >= 15 is 0 Å². The second-order valence-corrected chi connectivity index (χ2v) is 8.56. The van der Waals surface area contributed by atoms with Gasteiger partial charge in [-0.25, -0.2) is 0 Å². The second kappa shape index (κ2) is 9.63. The van der Waals surface area contributed by atoms with Crippen molar-refractivity contribution < 1.29 is 23.6 Å². The fourth-order valence-electron chi connectivity index (χ4n) is 4.73. The summed E-state index contributed by atoms with van der Waals surface area (Å²) in [7, 11) is 1.55. The average Bonchev–Trinajstić information content (AvgIpc) is 3.41. The van der Waals surface area contributed by atoms with Gasteiger partial charge in [-0.15, -0.1) is 0 Å². The summed E-state index contributed by atoms with van der Waals surface area (Å²) in [6.45, 7) is 5.88. The Bertz CT molecular complexity index is 1190. The lowest BCUT2D eigenvalue weighted by Crippen LogP contribution is -2.43. The number of hydrogen-bond donors (Lipinski definition) is 0. The topological polar surface area (TPSA) is 89.7 Å². The number of anilines is 1. The molecule has 0 saturated carbocycles. The molecule has 3 aromatic rings. The highest BCUT2D eigenvalue weighted by Gasteiger charge is 2.53. The lowest BCUT2D eigenvalue weighted by atomic mass is 9.81. The number of aryl methyl sites for hydroxylation is 1. The minimum atomic E-state index is -1.05. The fourth-order valence-corrected chi connectivity index (χ4v) is 4.73. The van der Waals surface area contributed by atoms with Crippen molar-refractivity contribution in [2.45, 2.75) is 39.7 Å². The molecule has 2 atom stereocenters. The molecule has 1 aliphatic rings. The maximum Gasteiger partial charge on any atom is 0.295 e. The molecule has 2 heterocycles. The number of benzene rings is 2. The van der Waals surface area contributed by atoms with Crippen molar-refractivity contribution >= 4 is 23.2 Å². The third-order valence-corrected chi connectivity index (χ3v) is 6.60. The van der Waals surface area contributed by atoms with Crippen LogP contribution in [0, 0.1) is 18.8 Å². The number of nitrogens with zero attached hydrogens (tertiary/aromatic N) is 2. The van der Waals surface area contributed by atoms with Gasteiger partial charge in [-0.1, -0.05) is 31.8 Å². The third kappa shape index (κ3) is 4.14. The predicted octanol–water partition coefficient (Wildman–Crippen LogP) is 4.88. The molecule has 1 saturated heterocycles. The van der Waals surface area contributed by atoms with Crippen LogP contribution in [-0.2, 0) is 9.59 Å². The number of hydrogen-bond acceptors (Lipinski definition) is 6. The summed E-state index contributed by atoms with van der Waals surface area (Å²) in [5.74, 6) is -1.47. The molecule has 1 amide bonds. The number of amides is 1. The van der Waals surface area contributed by atoms with Crippen LogP contribution in [0.15, 0.2) is 59.1 Å². The normalized spacial score (nSPS) is 18.1. The molecular formula is C27H28N2O5. The number of aromatic nitrogens is 1. The Hall–Kier alpha value is -3.74. The number of Topliss-reactive ketones (excluding diaryl/α,β-unsaturated/α-hetero) is 2. The van der Waals surface area contributed by atoms with Crippen molar-refractivity contribution in [1.82, 2.24) is 5.16 Å². The molecule has 0 N–H and O–H groups in total. The molecule has 0 radical (unpaired) electrons. The molecule has 2 aromatic carbocycles. The first-order valence-corrected chi connectivity index (χ1v) is 11.5. The molecule has 0 spiro atoms. The summed E-state index contributed by atoms with van der Waals surface area (Å²) >= 11 is 0. The van der Waals surface area contributed by atoms with E-state index in [0.29, 0.717) is 22.8 Å². The zero-order chi connectivity index (χ0) is 24.4. The summed E-state index contributed by atoms with van der Waals surface area (Å²) in [6.07, 6.45) is 1.47. The van der Waals surface area contributed by atoms with E-state index in [1.165, 1.54) is 4.90 Å². The first-order valence-electron chi connectivity index (χ1n) is 11.5. The zero-order valence-corrected chi connectivity index (χ0v) is 19.8. The molecule has 1 fully saturated rings. The van der Waals surface area contributed by atoms with Crippen LogP contribution in [0.4, 0.5) is 5.69 Å². The van der Waals surface area contributed by atoms with Gasteiger partial charge in [-0.05, 0) is 61.4 Å². The molecule has 1 aliphatic heterocycles. The van der Waals surface area contributed by atoms with Crippen LogP contribution in [0.1, 0.15) is 42.7 Å². The fraction of sp³-hybridized carbons (Fsp3) is 0.333. The Labute approximate surface area is 198 Å². The number of methoxy groups -OCH3 is 1. The van der Waals surface area contributed by atoms with Crippen molar-refractivity contribution in [2.75, 3.05) is 12.0 Å². The number of ether oxygens (including phenoxy) is 1. The van der Waals surface area contributed by atoms with E-state index in [1.54, 1.807) is 43.5 Å². The maximum atomic E-state index is 13.5. The number of carbonyl (C=O) groups excluding carboxylic acids is 3. The summed E-state index contributed by atoms with van der Waals surface area (Å²) < 4.78 is 10.5. The first kappa shape index (κ1) is 23.4. The minimum absolute atomic E-state index is 0.0146. The van der Waals surface area contributed by atoms with Crippen molar-refractivity contribution in [2.24, 2.45) is 11.8 Å². The van der Waals surface area contributed by atoms with Crippen LogP contribution in [0.3, 0.4) is 0 Å². The van der Waals surface area contributed by atoms with Crippen molar-refractivity contribution in [3.05, 3.63) is 65.9 Å². The Morgan fingerprint density at radius 3 is 2.24 bits per heavy atom. The van der Waals surface area contributed by atoms with Gasteiger partial charge in [0.05, 0.1) is 18.8 Å². The van der Waals surface area contributed by atoms with Crippen LogP contribution < -0.4 is 9.64 Å². The molecule has 34 heavy (non-hydrogen) atoms. The second-order valence-electron chi connectivity index (χ2n) is 8.56. The van der Waals surface area contributed by atoms with Crippen LogP contribution in [0.2, 0.25) is 0 Å². The van der Waals surface area contributed by atoms with E-state index in [4.69, 9.17) is 9.26 Å². The van der Waals surface area contributed by atoms with E-state index in [2.05, 4.69) is 5.16 Å². The van der Waals surface area contributed by atoms with Gasteiger partial charge in [0.1, 0.15) is 11.7 Å². The standard InChI is InChI=1S/C27H28N2O5/c1-5-17(6-2)24-23(25(30)19-9-13-21(33-4)14-10-19)26(31)27(32)29(24)20-11-7-18(8-12-20)22-15-16(3)28-34-22/h7-15,17,23-24H,5-6H2,1-4H3. The minimum Gasteiger partial charge on any atom is -0.497 e. The average molecular weight is 461 g/mol. The molecule has 4 rings (SSSR count). The molecular weight excluding hydrogens is 432 g/mol. The van der Waals surface area contributed by atoms with Gasteiger partial charge in [-0.3, -0.25) is 14.4 Å². The molecule has 1 aromatic heterocycles. The van der Waals surface area contributed by atoms with E-state index in [9.17, 15) is 14.4 Å². The van der Waals surface area contributed by atoms with Gasteiger partial charge in [0.2, 0.25) is 5.78 Å². The summed E-state index contributed by atoms with van der Waals surface area (Å²) in [5.41, 5.74) is 2.56. The first-order chi connectivity index (χ1) is 16.4. The van der Waals surface area contributed by atoms with Gasteiger partial charge in [-0.2, -0.15) is 0 Å². The Kier molecular flexibility index (Phi) is 6.63. The predicted molar refractivity (Wildman–Crippen MR) is 128 cm³/mol. The molecule has 0 bridgehead atoms. The lowest BCUT2D eigenvalue weighted by molar-refractivity contribution is -0.135. The van der Waals surface area contributed by atoms with Crippen molar-refractivity contribution in [3.63, 3.8) is 0 Å². The summed E-state index contributed by atoms with van der Waals surface area (Å²) in [5, 5.41) is 3.91. The van der Waals surface area contributed by atoms with E-state index < -0.39 is 23.7 Å². The number of ketones is 2. The highest BCUT2D eigenvalue weighted by molar-refractivity contribution is 6.49. The highest BCUT2D eigenvalue weighted by Crippen LogP contribution is 2.38. The summed E-state index contributed by atoms with van der Waals surface area (Å²) in [4.78, 5) is 41.5. The van der Waals surface area contributed by atoms with E-state index in [0.717, 1.165) is 24.1 Å². The van der Waals surface area contributed by atoms with Gasteiger partial charge < -0.3 is 14.2 Å². The maximum absolute atomic E-state index is 13.5. The molecule has 7 nitrogen and oxygen atoms in total. The van der Waals surface area contributed by atoms with Gasteiger partial charge in [0.25, 0.3) is 5.91 Å². The Morgan fingerprint density at radius 2 is 1.71 bits per heavy atom. The molecule has 2 unspecified atom stereocenters. The SMILES string of the molecule is CCC(CC)C1C(C(=O)c2ccc(OC)cc2)C(=O)C(=O)N1c1ccc(-c2cc(C)no2)cc1. The monoisotopic (exact) mass is 460 g/mol. The van der Waals surface area contributed by atoms with Crippen molar-refractivity contribution in [3.8, 4) is 17.1 Å². The van der Waals surface area contributed by atoms with Gasteiger partial charge in [0.15, 0.2) is 11.5 Å². The van der Waals surface area contributed by atoms with Crippen LogP contribution >= 0.6 is 0 Å². The smallest absolute Gasteiger partial charge is 0.295 e. The molecule has 7 heteroatoms. The Morgan fingerprint density at radius 1 is 1.06 bits per heavy atom. The van der Waals surface area contributed by atoms with Crippen LogP contribution in [0.5, 0.6) is 5.75 Å². The van der Waals surface area contributed by atoms with Gasteiger partial charge >= 0.3 is 0 Å². The quantitative estimate of drug-likeness (QED) is 0.270. The zero-order valence-electron chi connectivity index (χ0n) is 19.8. The van der Waals surface area contributed by atoms with Gasteiger partial charge in [0, 0.05) is 22.9 Å². The van der Waals surface area contributed by atoms with Crippen LogP contribution in [0.25, 0.3) is 11.3 Å². The number of rotatable bonds is 8. The van der Waals surface area contributed by atoms with E-state index in [-0.39, 0.29) is 11.7 Å². The van der Waals surface area contributed by atoms with E-state index in [1.807, 2.05) is 39.0 Å². The lowest BCUT2D eigenvalue weighted by Gasteiger charge is -2.32. The highest BCUT2D eigenvalue weighted by atomic mass is 16.5. The third-order valence-electron chi connectivity index (χ3n) is 6.60. The number of carbonyl (C=O) groups is 3.